The van der Waals surface area contributed by atoms with Crippen LogP contribution in [0.3, 0.4) is 0 Å². The first-order valence-corrected chi connectivity index (χ1v) is 7.21. The van der Waals surface area contributed by atoms with E-state index in [1.54, 1.807) is 0 Å². The number of amides is 1. The summed E-state index contributed by atoms with van der Waals surface area (Å²) < 4.78 is 0. The Labute approximate surface area is 118 Å². The lowest BCUT2D eigenvalue weighted by molar-refractivity contribution is -0.125. The number of carbonyl (C=O) groups is 1. The molecule has 1 aliphatic carbocycles. The number of hydrogen-bond donors (Lipinski definition) is 2. The van der Waals surface area contributed by atoms with E-state index in [-0.39, 0.29) is 24.2 Å². The molecule has 1 saturated carbocycles. The topological polar surface area (TPSA) is 55.1 Å². The van der Waals surface area contributed by atoms with Gasteiger partial charge in [-0.25, -0.2) is 0 Å². The summed E-state index contributed by atoms with van der Waals surface area (Å²) in [4.78, 5) is 11.8. The van der Waals surface area contributed by atoms with Crippen LogP contribution in [0.15, 0.2) is 0 Å². The maximum absolute atomic E-state index is 11.8. The van der Waals surface area contributed by atoms with Crippen molar-refractivity contribution < 1.29 is 4.79 Å². The van der Waals surface area contributed by atoms with Gasteiger partial charge in [0.05, 0.1) is 0 Å². The molecular weight excluding hydrogens is 248 g/mol. The summed E-state index contributed by atoms with van der Waals surface area (Å²) >= 11 is 0. The minimum Gasteiger partial charge on any atom is -0.356 e. The van der Waals surface area contributed by atoms with Gasteiger partial charge >= 0.3 is 0 Å². The number of halogens is 1. The molecule has 3 N–H and O–H groups in total. The van der Waals surface area contributed by atoms with E-state index in [0.29, 0.717) is 6.54 Å². The highest BCUT2D eigenvalue weighted by molar-refractivity contribution is 5.85. The fourth-order valence-corrected chi connectivity index (χ4v) is 2.69. The highest BCUT2D eigenvalue weighted by atomic mass is 35.5. The van der Waals surface area contributed by atoms with E-state index in [0.717, 1.165) is 31.7 Å². The Hall–Kier alpha value is -0.280. The Morgan fingerprint density at radius 3 is 2.56 bits per heavy atom. The van der Waals surface area contributed by atoms with Crippen molar-refractivity contribution in [2.45, 2.75) is 58.3 Å². The van der Waals surface area contributed by atoms with Gasteiger partial charge in [-0.1, -0.05) is 39.0 Å². The lowest BCUT2D eigenvalue weighted by Crippen LogP contribution is -2.31. The molecule has 0 heterocycles. The zero-order valence-electron chi connectivity index (χ0n) is 11.6. The zero-order valence-corrected chi connectivity index (χ0v) is 12.4. The van der Waals surface area contributed by atoms with E-state index in [2.05, 4.69) is 12.2 Å². The number of nitrogens with two attached hydrogens (primary N) is 1. The Kier molecular flexibility index (Phi) is 10.5. The summed E-state index contributed by atoms with van der Waals surface area (Å²) in [5.74, 6) is 1.19. The molecule has 0 radical (unpaired) electrons. The first kappa shape index (κ1) is 17.7. The van der Waals surface area contributed by atoms with Crippen LogP contribution in [0, 0.1) is 11.8 Å². The molecule has 0 aromatic rings. The van der Waals surface area contributed by atoms with Crippen LogP contribution in [-0.4, -0.2) is 19.0 Å². The minimum atomic E-state index is 0. The van der Waals surface area contributed by atoms with Crippen molar-refractivity contribution in [2.75, 3.05) is 13.1 Å². The smallest absolute Gasteiger partial charge is 0.222 e. The summed E-state index contributed by atoms with van der Waals surface area (Å²) in [6.45, 7) is 3.56. The second-order valence-corrected chi connectivity index (χ2v) is 5.43. The van der Waals surface area contributed by atoms with Crippen LogP contribution in [0.5, 0.6) is 0 Å². The highest BCUT2D eigenvalue weighted by Crippen LogP contribution is 2.28. The number of unbranched alkanes of at least 4 members (excludes halogenated alkanes) is 1. The molecule has 1 unspecified atom stereocenters. The molecule has 1 aliphatic rings. The molecule has 1 amide bonds. The third kappa shape index (κ3) is 7.22. The predicted molar refractivity (Wildman–Crippen MR) is 78.9 cm³/mol. The standard InChI is InChI=1S/C14H28N2O.ClH/c1-12(11-13-7-3-2-4-8-13)14(17)16-10-6-5-9-15;/h12-13H,2-11,15H2,1H3,(H,16,17);1H. The van der Waals surface area contributed by atoms with Gasteiger partial charge in [0.15, 0.2) is 0 Å². The Balaban J connectivity index is 0.00000289. The minimum absolute atomic E-state index is 0. The maximum Gasteiger partial charge on any atom is 0.222 e. The largest absolute Gasteiger partial charge is 0.356 e. The molecule has 4 heteroatoms. The highest BCUT2D eigenvalue weighted by Gasteiger charge is 2.20. The van der Waals surface area contributed by atoms with Crippen molar-refractivity contribution in [1.29, 1.82) is 0 Å². The average Bonchev–Trinajstić information content (AvgIpc) is 2.35. The predicted octanol–water partition coefficient (Wildman–Crippen LogP) is 2.87. The average molecular weight is 277 g/mol. The Morgan fingerprint density at radius 2 is 1.94 bits per heavy atom. The van der Waals surface area contributed by atoms with Gasteiger partial charge in [-0.05, 0) is 31.7 Å². The molecule has 3 nitrogen and oxygen atoms in total. The first-order chi connectivity index (χ1) is 8.24. The molecule has 0 aromatic carbocycles. The van der Waals surface area contributed by atoms with Crippen LogP contribution >= 0.6 is 12.4 Å². The molecule has 0 bridgehead atoms. The van der Waals surface area contributed by atoms with E-state index >= 15 is 0 Å². The SMILES string of the molecule is CC(CC1CCCCC1)C(=O)NCCCCN.Cl. The summed E-state index contributed by atoms with van der Waals surface area (Å²) in [5.41, 5.74) is 5.42. The second-order valence-electron chi connectivity index (χ2n) is 5.43. The lowest BCUT2D eigenvalue weighted by atomic mass is 9.83. The third-order valence-corrected chi connectivity index (χ3v) is 3.79. The van der Waals surface area contributed by atoms with E-state index < -0.39 is 0 Å². The Morgan fingerprint density at radius 1 is 1.28 bits per heavy atom. The lowest BCUT2D eigenvalue weighted by Gasteiger charge is -2.24. The number of carbonyl (C=O) groups excluding carboxylic acids is 1. The van der Waals surface area contributed by atoms with Crippen molar-refractivity contribution in [3.05, 3.63) is 0 Å². The van der Waals surface area contributed by atoms with Crippen LogP contribution in [0.25, 0.3) is 0 Å². The summed E-state index contributed by atoms with van der Waals surface area (Å²) in [5, 5.41) is 3.01. The summed E-state index contributed by atoms with van der Waals surface area (Å²) in [6.07, 6.45) is 9.81. The van der Waals surface area contributed by atoms with Gasteiger partial charge in [0.25, 0.3) is 0 Å². The maximum atomic E-state index is 11.8. The van der Waals surface area contributed by atoms with E-state index in [9.17, 15) is 4.79 Å². The third-order valence-electron chi connectivity index (χ3n) is 3.79. The van der Waals surface area contributed by atoms with Crippen molar-refractivity contribution in [2.24, 2.45) is 17.6 Å². The van der Waals surface area contributed by atoms with Gasteiger partial charge in [0.1, 0.15) is 0 Å². The van der Waals surface area contributed by atoms with Gasteiger partial charge in [-0.2, -0.15) is 0 Å². The van der Waals surface area contributed by atoms with E-state index in [1.807, 2.05) is 0 Å². The summed E-state index contributed by atoms with van der Waals surface area (Å²) in [6, 6.07) is 0. The van der Waals surface area contributed by atoms with Crippen molar-refractivity contribution >= 4 is 18.3 Å². The van der Waals surface area contributed by atoms with Crippen LogP contribution < -0.4 is 11.1 Å². The molecule has 0 saturated heterocycles. The molecule has 1 rings (SSSR count). The normalized spacial score (nSPS) is 17.9. The quantitative estimate of drug-likeness (QED) is 0.703. The van der Waals surface area contributed by atoms with Crippen LogP contribution in [0.4, 0.5) is 0 Å². The van der Waals surface area contributed by atoms with E-state index in [1.165, 1.54) is 32.1 Å². The summed E-state index contributed by atoms with van der Waals surface area (Å²) in [7, 11) is 0. The van der Waals surface area contributed by atoms with Crippen LogP contribution in [0.2, 0.25) is 0 Å². The Bertz CT molecular complexity index is 218. The molecule has 0 aliphatic heterocycles. The monoisotopic (exact) mass is 276 g/mol. The molecule has 1 fully saturated rings. The number of hydrogen-bond acceptors (Lipinski definition) is 2. The van der Waals surface area contributed by atoms with Gasteiger partial charge in [0, 0.05) is 12.5 Å². The molecule has 108 valence electrons. The van der Waals surface area contributed by atoms with Gasteiger partial charge in [-0.3, -0.25) is 4.79 Å². The number of rotatable bonds is 7. The van der Waals surface area contributed by atoms with Gasteiger partial charge < -0.3 is 11.1 Å². The molecule has 0 spiro atoms. The van der Waals surface area contributed by atoms with Crippen LogP contribution in [-0.2, 0) is 4.79 Å². The van der Waals surface area contributed by atoms with Crippen molar-refractivity contribution in [3.63, 3.8) is 0 Å². The van der Waals surface area contributed by atoms with Gasteiger partial charge in [0.2, 0.25) is 5.91 Å². The van der Waals surface area contributed by atoms with Crippen molar-refractivity contribution in [1.82, 2.24) is 5.32 Å². The molecule has 18 heavy (non-hydrogen) atoms. The fraction of sp³-hybridized carbons (Fsp3) is 0.929. The van der Waals surface area contributed by atoms with E-state index in [4.69, 9.17) is 5.73 Å². The molecular formula is C14H29ClN2O. The first-order valence-electron chi connectivity index (χ1n) is 7.21. The van der Waals surface area contributed by atoms with Gasteiger partial charge in [-0.15, -0.1) is 12.4 Å². The van der Waals surface area contributed by atoms with Crippen LogP contribution in [0.1, 0.15) is 58.3 Å². The molecule has 0 aromatic heterocycles. The fourth-order valence-electron chi connectivity index (χ4n) is 2.69. The number of nitrogens with one attached hydrogen (secondary N) is 1. The van der Waals surface area contributed by atoms with Crippen molar-refractivity contribution in [3.8, 4) is 0 Å². The molecule has 1 atom stereocenters. The zero-order chi connectivity index (χ0) is 12.5. The second kappa shape index (κ2) is 10.6.